The Hall–Kier alpha value is -0.610. The van der Waals surface area contributed by atoms with Gasteiger partial charge in [-0.1, -0.05) is 0 Å². The summed E-state index contributed by atoms with van der Waals surface area (Å²) in [5.74, 6) is -0.180. The zero-order valence-corrected chi connectivity index (χ0v) is 7.32. The molecule has 1 saturated heterocycles. The molecule has 0 saturated carbocycles. The number of hydrogen-bond donors (Lipinski definition) is 1. The van der Waals surface area contributed by atoms with Crippen molar-refractivity contribution in [3.05, 3.63) is 0 Å². The standard InChI is InChI=1S/C8H15NO3/c1-12-8(11)7-3-2-4-9(7)5-6-10/h7,10H,2-6H2,1H3. The van der Waals surface area contributed by atoms with Crippen LogP contribution in [0.4, 0.5) is 0 Å². The third-order valence-electron chi connectivity index (χ3n) is 2.22. The summed E-state index contributed by atoms with van der Waals surface area (Å²) in [5, 5.41) is 8.71. The highest BCUT2D eigenvalue weighted by molar-refractivity contribution is 5.75. The van der Waals surface area contributed by atoms with E-state index < -0.39 is 0 Å². The Balaban J connectivity index is 2.45. The molecule has 1 unspecified atom stereocenters. The van der Waals surface area contributed by atoms with Crippen LogP contribution in [0.25, 0.3) is 0 Å². The van der Waals surface area contributed by atoms with Gasteiger partial charge in [-0.2, -0.15) is 0 Å². The van der Waals surface area contributed by atoms with E-state index in [1.54, 1.807) is 0 Å². The van der Waals surface area contributed by atoms with Gasteiger partial charge >= 0.3 is 5.97 Å². The average Bonchev–Trinajstić information content (AvgIpc) is 2.52. The van der Waals surface area contributed by atoms with E-state index in [-0.39, 0.29) is 18.6 Å². The van der Waals surface area contributed by atoms with Gasteiger partial charge in [0.15, 0.2) is 0 Å². The molecule has 1 aliphatic rings. The van der Waals surface area contributed by atoms with Crippen LogP contribution in [0, 0.1) is 0 Å². The number of hydrogen-bond acceptors (Lipinski definition) is 4. The molecule has 0 amide bonds. The van der Waals surface area contributed by atoms with Crippen LogP contribution in [0.2, 0.25) is 0 Å². The number of β-amino-alcohol motifs (C(OH)–C–C–N with tert-alkyl or cyclic N) is 1. The number of aliphatic hydroxyl groups excluding tert-OH is 1. The molecule has 1 fully saturated rings. The predicted molar refractivity (Wildman–Crippen MR) is 43.7 cm³/mol. The molecule has 1 N–H and O–H groups in total. The first-order valence-electron chi connectivity index (χ1n) is 4.22. The summed E-state index contributed by atoms with van der Waals surface area (Å²) in [5.41, 5.74) is 0. The van der Waals surface area contributed by atoms with Crippen LogP contribution < -0.4 is 0 Å². The lowest BCUT2D eigenvalue weighted by Gasteiger charge is -2.20. The van der Waals surface area contributed by atoms with Gasteiger partial charge in [0.05, 0.1) is 13.7 Å². The molecule has 0 aromatic carbocycles. The largest absolute Gasteiger partial charge is 0.468 e. The molecule has 12 heavy (non-hydrogen) atoms. The molecule has 1 aliphatic heterocycles. The molecule has 4 nitrogen and oxygen atoms in total. The molecule has 70 valence electrons. The van der Waals surface area contributed by atoms with Crippen molar-refractivity contribution in [2.75, 3.05) is 26.8 Å². The first-order valence-corrected chi connectivity index (χ1v) is 4.22. The van der Waals surface area contributed by atoms with Gasteiger partial charge in [0.1, 0.15) is 6.04 Å². The van der Waals surface area contributed by atoms with Crippen molar-refractivity contribution in [2.45, 2.75) is 18.9 Å². The van der Waals surface area contributed by atoms with E-state index in [1.807, 2.05) is 4.90 Å². The van der Waals surface area contributed by atoms with Crippen molar-refractivity contribution >= 4 is 5.97 Å². The highest BCUT2D eigenvalue weighted by Crippen LogP contribution is 2.17. The summed E-state index contributed by atoms with van der Waals surface area (Å²) in [6.07, 6.45) is 1.87. The monoisotopic (exact) mass is 173 g/mol. The summed E-state index contributed by atoms with van der Waals surface area (Å²) >= 11 is 0. The lowest BCUT2D eigenvalue weighted by Crippen LogP contribution is -2.38. The van der Waals surface area contributed by atoms with Crippen molar-refractivity contribution in [1.82, 2.24) is 4.90 Å². The fourth-order valence-electron chi connectivity index (χ4n) is 1.63. The van der Waals surface area contributed by atoms with Crippen LogP contribution in [-0.2, 0) is 9.53 Å². The highest BCUT2D eigenvalue weighted by Gasteiger charge is 2.30. The molecule has 0 radical (unpaired) electrons. The second kappa shape index (κ2) is 4.42. The minimum Gasteiger partial charge on any atom is -0.468 e. The van der Waals surface area contributed by atoms with Crippen molar-refractivity contribution in [3.8, 4) is 0 Å². The van der Waals surface area contributed by atoms with Gasteiger partial charge < -0.3 is 9.84 Å². The number of ether oxygens (including phenoxy) is 1. The minimum absolute atomic E-state index is 0.105. The number of aliphatic hydroxyl groups is 1. The molecule has 0 aliphatic carbocycles. The molecular weight excluding hydrogens is 158 g/mol. The van der Waals surface area contributed by atoms with E-state index >= 15 is 0 Å². The van der Waals surface area contributed by atoms with Gasteiger partial charge in [-0.05, 0) is 19.4 Å². The molecule has 0 aromatic heterocycles. The van der Waals surface area contributed by atoms with Crippen LogP contribution in [0.1, 0.15) is 12.8 Å². The third-order valence-corrected chi connectivity index (χ3v) is 2.22. The van der Waals surface area contributed by atoms with Gasteiger partial charge in [0, 0.05) is 6.54 Å². The first-order chi connectivity index (χ1) is 5.79. The number of likely N-dealkylation sites (tertiary alicyclic amines) is 1. The maximum Gasteiger partial charge on any atom is 0.323 e. The van der Waals surface area contributed by atoms with Crippen LogP contribution in [0.15, 0.2) is 0 Å². The fourth-order valence-corrected chi connectivity index (χ4v) is 1.63. The number of esters is 1. The topological polar surface area (TPSA) is 49.8 Å². The van der Waals surface area contributed by atoms with E-state index in [4.69, 9.17) is 5.11 Å². The number of methoxy groups -OCH3 is 1. The van der Waals surface area contributed by atoms with Crippen LogP contribution in [-0.4, -0.2) is 48.8 Å². The third kappa shape index (κ3) is 1.95. The van der Waals surface area contributed by atoms with Gasteiger partial charge in [-0.3, -0.25) is 9.69 Å². The van der Waals surface area contributed by atoms with E-state index in [0.29, 0.717) is 6.54 Å². The second-order valence-corrected chi connectivity index (χ2v) is 2.94. The molecule has 1 heterocycles. The Morgan fingerprint density at radius 2 is 2.50 bits per heavy atom. The highest BCUT2D eigenvalue weighted by atomic mass is 16.5. The summed E-state index contributed by atoms with van der Waals surface area (Å²) in [6.45, 7) is 1.56. The van der Waals surface area contributed by atoms with Crippen molar-refractivity contribution < 1.29 is 14.6 Å². The Morgan fingerprint density at radius 1 is 1.75 bits per heavy atom. The molecular formula is C8H15NO3. The summed E-state index contributed by atoms with van der Waals surface area (Å²) in [4.78, 5) is 13.1. The van der Waals surface area contributed by atoms with E-state index in [0.717, 1.165) is 19.4 Å². The quantitative estimate of drug-likeness (QED) is 0.591. The van der Waals surface area contributed by atoms with Crippen LogP contribution in [0.5, 0.6) is 0 Å². The maximum absolute atomic E-state index is 11.2. The van der Waals surface area contributed by atoms with E-state index in [1.165, 1.54) is 7.11 Å². The molecule has 0 spiro atoms. The number of carbonyl (C=O) groups excluding carboxylic acids is 1. The molecule has 1 rings (SSSR count). The summed E-state index contributed by atoms with van der Waals surface area (Å²) in [7, 11) is 1.40. The van der Waals surface area contributed by atoms with Crippen molar-refractivity contribution in [1.29, 1.82) is 0 Å². The smallest absolute Gasteiger partial charge is 0.323 e. The Morgan fingerprint density at radius 3 is 3.08 bits per heavy atom. The van der Waals surface area contributed by atoms with E-state index in [2.05, 4.69) is 4.74 Å². The predicted octanol–water partition coefficient (Wildman–Crippen LogP) is -0.384. The van der Waals surface area contributed by atoms with Gasteiger partial charge in [-0.25, -0.2) is 0 Å². The van der Waals surface area contributed by atoms with Gasteiger partial charge in [0.25, 0.3) is 0 Å². The Bertz CT molecular complexity index is 160. The molecule has 0 bridgehead atoms. The molecule has 1 atom stereocenters. The van der Waals surface area contributed by atoms with E-state index in [9.17, 15) is 4.79 Å². The zero-order chi connectivity index (χ0) is 8.97. The number of carbonyl (C=O) groups is 1. The molecule has 0 aromatic rings. The van der Waals surface area contributed by atoms with Crippen molar-refractivity contribution in [2.24, 2.45) is 0 Å². The number of rotatable bonds is 3. The van der Waals surface area contributed by atoms with Crippen LogP contribution in [0.3, 0.4) is 0 Å². The van der Waals surface area contributed by atoms with Gasteiger partial charge in [-0.15, -0.1) is 0 Å². The SMILES string of the molecule is COC(=O)C1CCCN1CCO. The summed E-state index contributed by atoms with van der Waals surface area (Å²) < 4.78 is 4.65. The second-order valence-electron chi connectivity index (χ2n) is 2.94. The van der Waals surface area contributed by atoms with Crippen LogP contribution >= 0.6 is 0 Å². The first kappa shape index (κ1) is 9.48. The molecule has 4 heteroatoms. The normalized spacial score (nSPS) is 24.3. The Kier molecular flexibility index (Phi) is 3.49. The lowest BCUT2D eigenvalue weighted by molar-refractivity contribution is -0.145. The fraction of sp³-hybridized carbons (Fsp3) is 0.875. The number of nitrogens with zero attached hydrogens (tertiary/aromatic N) is 1. The van der Waals surface area contributed by atoms with Crippen molar-refractivity contribution in [3.63, 3.8) is 0 Å². The lowest BCUT2D eigenvalue weighted by atomic mass is 10.2. The summed E-state index contributed by atoms with van der Waals surface area (Å²) in [6, 6.07) is -0.123. The minimum atomic E-state index is -0.180. The maximum atomic E-state index is 11.2. The Labute approximate surface area is 72.1 Å². The zero-order valence-electron chi connectivity index (χ0n) is 7.32. The van der Waals surface area contributed by atoms with Gasteiger partial charge in [0.2, 0.25) is 0 Å². The average molecular weight is 173 g/mol.